The Labute approximate surface area is 106 Å². The Morgan fingerprint density at radius 3 is 2.47 bits per heavy atom. The molecule has 1 nitrogen and oxygen atoms in total. The predicted molar refractivity (Wildman–Crippen MR) is 71.7 cm³/mol. The number of rotatable bonds is 3. The Balaban J connectivity index is 2.19. The third-order valence-corrected chi connectivity index (χ3v) is 5.76. The molecular formula is C16H26O. The fourth-order valence-electron chi connectivity index (χ4n) is 4.01. The maximum absolute atomic E-state index is 12.7. The van der Waals surface area contributed by atoms with Crippen molar-refractivity contribution in [3.63, 3.8) is 0 Å². The molecule has 1 unspecified atom stereocenters. The minimum atomic E-state index is -0.0952. The van der Waals surface area contributed by atoms with Gasteiger partial charge in [0.2, 0.25) is 0 Å². The average molecular weight is 234 g/mol. The van der Waals surface area contributed by atoms with Gasteiger partial charge >= 0.3 is 0 Å². The van der Waals surface area contributed by atoms with Crippen molar-refractivity contribution in [3.8, 4) is 0 Å². The number of allylic oxidation sites excluding steroid dienone is 1. The third-order valence-electron chi connectivity index (χ3n) is 5.76. The SMILES string of the molecule is C=C(C)C[C@@H](C)[C@]1(C)CC2C[C@@H](C1=O)C2(C)C. The van der Waals surface area contributed by atoms with Gasteiger partial charge in [0.05, 0.1) is 0 Å². The van der Waals surface area contributed by atoms with E-state index in [4.69, 9.17) is 0 Å². The van der Waals surface area contributed by atoms with E-state index in [1.165, 1.54) is 5.57 Å². The molecule has 4 atom stereocenters. The van der Waals surface area contributed by atoms with E-state index < -0.39 is 0 Å². The van der Waals surface area contributed by atoms with Crippen LogP contribution in [0.25, 0.3) is 0 Å². The molecule has 0 aromatic heterocycles. The minimum Gasteiger partial charge on any atom is -0.299 e. The van der Waals surface area contributed by atoms with Crippen molar-refractivity contribution in [3.05, 3.63) is 12.2 Å². The average Bonchev–Trinajstić information content (AvgIpc) is 2.20. The Morgan fingerprint density at radius 1 is 1.47 bits per heavy atom. The van der Waals surface area contributed by atoms with Crippen molar-refractivity contribution in [1.82, 2.24) is 0 Å². The Morgan fingerprint density at radius 2 is 2.06 bits per heavy atom. The molecule has 0 saturated heterocycles. The quantitative estimate of drug-likeness (QED) is 0.668. The van der Waals surface area contributed by atoms with E-state index in [9.17, 15) is 4.79 Å². The summed E-state index contributed by atoms with van der Waals surface area (Å²) in [5.74, 6) is 2.04. The molecule has 3 saturated carbocycles. The van der Waals surface area contributed by atoms with E-state index in [2.05, 4.69) is 41.2 Å². The second kappa shape index (κ2) is 3.70. The summed E-state index contributed by atoms with van der Waals surface area (Å²) in [6.07, 6.45) is 3.22. The van der Waals surface area contributed by atoms with Crippen LogP contribution in [0.5, 0.6) is 0 Å². The topological polar surface area (TPSA) is 17.1 Å². The molecule has 2 bridgehead atoms. The first kappa shape index (κ1) is 12.9. The van der Waals surface area contributed by atoms with Crippen LogP contribution in [0.4, 0.5) is 0 Å². The van der Waals surface area contributed by atoms with Crippen LogP contribution in [0, 0.1) is 28.6 Å². The van der Waals surface area contributed by atoms with E-state index in [0.29, 0.717) is 17.6 Å². The number of carbonyl (C=O) groups is 1. The predicted octanol–water partition coefficient (Wildman–Crippen LogP) is 4.23. The third kappa shape index (κ3) is 1.70. The van der Waals surface area contributed by atoms with Crippen LogP contribution in [-0.2, 0) is 4.79 Å². The van der Waals surface area contributed by atoms with Crippen LogP contribution in [0.15, 0.2) is 12.2 Å². The van der Waals surface area contributed by atoms with Gasteiger partial charge in [-0.05, 0) is 43.4 Å². The molecule has 0 heterocycles. The molecule has 1 heteroatoms. The van der Waals surface area contributed by atoms with Gasteiger partial charge in [0.15, 0.2) is 0 Å². The molecule has 0 spiro atoms. The molecule has 3 rings (SSSR count). The van der Waals surface area contributed by atoms with Gasteiger partial charge in [0.25, 0.3) is 0 Å². The highest BCUT2D eigenvalue weighted by Crippen LogP contribution is 2.64. The summed E-state index contributed by atoms with van der Waals surface area (Å²) in [5.41, 5.74) is 1.37. The fraction of sp³-hybridized carbons (Fsp3) is 0.812. The fourth-order valence-corrected chi connectivity index (χ4v) is 4.01. The number of hydrogen-bond acceptors (Lipinski definition) is 1. The molecule has 3 aliphatic carbocycles. The molecule has 0 radical (unpaired) electrons. The van der Waals surface area contributed by atoms with E-state index in [1.807, 2.05) is 0 Å². The van der Waals surface area contributed by atoms with Crippen molar-refractivity contribution < 1.29 is 4.79 Å². The zero-order valence-corrected chi connectivity index (χ0v) is 12.0. The second-order valence-electron chi connectivity index (χ2n) is 7.35. The molecule has 96 valence electrons. The number of hydrogen-bond donors (Lipinski definition) is 0. The van der Waals surface area contributed by atoms with Crippen molar-refractivity contribution in [2.75, 3.05) is 0 Å². The number of ketones is 1. The summed E-state index contributed by atoms with van der Waals surface area (Å²) >= 11 is 0. The van der Waals surface area contributed by atoms with E-state index in [1.54, 1.807) is 0 Å². The Bertz CT molecular complexity index is 366. The Hall–Kier alpha value is -0.590. The zero-order valence-electron chi connectivity index (χ0n) is 12.0. The molecule has 0 N–H and O–H groups in total. The van der Waals surface area contributed by atoms with Gasteiger partial charge in [-0.2, -0.15) is 0 Å². The van der Waals surface area contributed by atoms with Crippen LogP contribution < -0.4 is 0 Å². The first-order chi connectivity index (χ1) is 7.69. The van der Waals surface area contributed by atoms with Crippen LogP contribution in [-0.4, -0.2) is 5.78 Å². The van der Waals surface area contributed by atoms with Crippen LogP contribution >= 0.6 is 0 Å². The van der Waals surface area contributed by atoms with Gasteiger partial charge in [-0.15, -0.1) is 6.58 Å². The minimum absolute atomic E-state index is 0.0952. The lowest BCUT2D eigenvalue weighted by Gasteiger charge is -2.62. The van der Waals surface area contributed by atoms with Gasteiger partial charge < -0.3 is 0 Å². The van der Waals surface area contributed by atoms with Gasteiger partial charge in [-0.3, -0.25) is 4.79 Å². The summed E-state index contributed by atoms with van der Waals surface area (Å²) in [6.45, 7) is 15.0. The molecule has 0 amide bonds. The highest BCUT2D eigenvalue weighted by atomic mass is 16.1. The normalized spacial score (nSPS) is 40.6. The second-order valence-corrected chi connectivity index (χ2v) is 7.35. The number of Topliss-reactive ketones (excluding diaryl/α,β-unsaturated/α-hetero) is 1. The van der Waals surface area contributed by atoms with Gasteiger partial charge in [0.1, 0.15) is 5.78 Å². The van der Waals surface area contributed by atoms with Crippen molar-refractivity contribution in [2.45, 2.75) is 53.9 Å². The van der Waals surface area contributed by atoms with Gasteiger partial charge in [0, 0.05) is 11.3 Å². The van der Waals surface area contributed by atoms with E-state index in [-0.39, 0.29) is 10.8 Å². The van der Waals surface area contributed by atoms with Crippen molar-refractivity contribution in [2.24, 2.45) is 28.6 Å². The summed E-state index contributed by atoms with van der Waals surface area (Å²) in [6, 6.07) is 0. The Kier molecular flexibility index (Phi) is 2.80. The van der Waals surface area contributed by atoms with Crippen molar-refractivity contribution >= 4 is 5.78 Å². The molecule has 17 heavy (non-hydrogen) atoms. The first-order valence-electron chi connectivity index (χ1n) is 6.88. The van der Waals surface area contributed by atoms with E-state index in [0.717, 1.165) is 25.2 Å². The number of carbonyl (C=O) groups excluding carboxylic acids is 1. The standard InChI is InChI=1S/C16H26O/c1-10(2)7-11(3)16(6)9-12-8-13(14(16)17)15(12,4)5/h11-13H,1,7-9H2,2-6H3/t11-,12?,13+,16+/m1/s1. The van der Waals surface area contributed by atoms with E-state index >= 15 is 0 Å². The summed E-state index contributed by atoms with van der Waals surface area (Å²) in [5, 5.41) is 0. The molecular weight excluding hydrogens is 208 g/mol. The maximum Gasteiger partial charge on any atom is 0.142 e. The maximum atomic E-state index is 12.7. The number of fused-ring (bicyclic) bond motifs is 2. The van der Waals surface area contributed by atoms with Crippen molar-refractivity contribution in [1.29, 1.82) is 0 Å². The monoisotopic (exact) mass is 234 g/mol. The van der Waals surface area contributed by atoms with Crippen LogP contribution in [0.3, 0.4) is 0 Å². The first-order valence-corrected chi connectivity index (χ1v) is 6.88. The van der Waals surface area contributed by atoms with Crippen LogP contribution in [0.2, 0.25) is 0 Å². The highest BCUT2D eigenvalue weighted by Gasteiger charge is 2.62. The molecule has 0 aromatic rings. The molecule has 3 aliphatic rings. The smallest absolute Gasteiger partial charge is 0.142 e. The van der Waals surface area contributed by atoms with Crippen LogP contribution in [0.1, 0.15) is 53.9 Å². The zero-order chi connectivity index (χ0) is 13.0. The lowest BCUT2D eigenvalue weighted by atomic mass is 9.41. The summed E-state index contributed by atoms with van der Waals surface area (Å²) in [7, 11) is 0. The molecule has 3 fully saturated rings. The lowest BCUT2D eigenvalue weighted by molar-refractivity contribution is -0.172. The summed E-state index contributed by atoms with van der Waals surface area (Å²) in [4.78, 5) is 12.7. The highest BCUT2D eigenvalue weighted by molar-refractivity contribution is 5.90. The molecule has 0 aliphatic heterocycles. The summed E-state index contributed by atoms with van der Waals surface area (Å²) < 4.78 is 0. The van der Waals surface area contributed by atoms with Gasteiger partial charge in [-0.25, -0.2) is 0 Å². The lowest BCUT2D eigenvalue weighted by Crippen LogP contribution is -2.61. The van der Waals surface area contributed by atoms with Gasteiger partial charge in [-0.1, -0.05) is 33.3 Å². The largest absolute Gasteiger partial charge is 0.299 e. The molecule has 0 aromatic carbocycles.